The zero-order chi connectivity index (χ0) is 24.5. The molecule has 1 aliphatic rings. The van der Waals surface area contributed by atoms with Gasteiger partial charge in [-0.15, -0.1) is 0 Å². The topological polar surface area (TPSA) is 93.9 Å². The fourth-order valence-electron chi connectivity index (χ4n) is 4.50. The number of imidazole rings is 1. The van der Waals surface area contributed by atoms with E-state index in [1.54, 1.807) is 0 Å². The van der Waals surface area contributed by atoms with E-state index in [0.29, 0.717) is 36.5 Å². The molecule has 1 saturated heterocycles. The molecule has 0 aliphatic carbocycles. The lowest BCUT2D eigenvalue weighted by Gasteiger charge is -2.32. The maximum Gasteiger partial charge on any atom is 0.373 e. The number of ketones is 1. The molecule has 3 aromatic heterocycles. The maximum absolute atomic E-state index is 13.1. The molecule has 0 unspecified atom stereocenters. The number of carbonyl (C=O) groups excluding carboxylic acids is 3. The van der Waals surface area contributed by atoms with Crippen LogP contribution in [0.2, 0.25) is 0 Å². The third-order valence-corrected chi connectivity index (χ3v) is 6.32. The Labute approximate surface area is 200 Å². The van der Waals surface area contributed by atoms with Crippen LogP contribution in [0.1, 0.15) is 61.3 Å². The Morgan fingerprint density at radius 2 is 1.94 bits per heavy atom. The summed E-state index contributed by atoms with van der Waals surface area (Å²) >= 11 is 0. The Morgan fingerprint density at radius 3 is 2.62 bits per heavy atom. The molecule has 1 fully saturated rings. The van der Waals surface area contributed by atoms with Crippen molar-refractivity contribution in [1.29, 1.82) is 0 Å². The monoisotopic (exact) mass is 464 g/mol. The standard InChI is InChI=1S/C25H32N4O2.CO2/c1-4-19-11-15-28(16-12-19)23-17-20(10-13-26-23)8-9-21(30)24-18(3)27-25-22(31-5-2)7-6-14-29(24)25;2-1-3/h6-7,10,13-14,17,19H,4-5,8-9,11-12,15-16H2,1-3H3;. The number of piperidine rings is 1. The van der Waals surface area contributed by atoms with Crippen LogP contribution >= 0.6 is 0 Å². The van der Waals surface area contributed by atoms with E-state index < -0.39 is 0 Å². The van der Waals surface area contributed by atoms with Crippen LogP contribution in [0, 0.1) is 12.8 Å². The first kappa shape index (κ1) is 25.1. The molecular formula is C26H32N4O4. The second kappa shape index (κ2) is 12.1. The summed E-state index contributed by atoms with van der Waals surface area (Å²) in [6.45, 7) is 8.81. The van der Waals surface area contributed by atoms with Crippen LogP contribution in [0.25, 0.3) is 5.65 Å². The van der Waals surface area contributed by atoms with Crippen LogP contribution in [0.3, 0.4) is 0 Å². The molecule has 34 heavy (non-hydrogen) atoms. The molecule has 0 N–H and O–H groups in total. The van der Waals surface area contributed by atoms with E-state index in [-0.39, 0.29) is 11.9 Å². The molecule has 1 aliphatic heterocycles. The minimum absolute atomic E-state index is 0.0979. The van der Waals surface area contributed by atoms with E-state index in [1.807, 2.05) is 48.8 Å². The van der Waals surface area contributed by atoms with E-state index in [0.717, 1.165) is 36.1 Å². The van der Waals surface area contributed by atoms with Crippen molar-refractivity contribution in [1.82, 2.24) is 14.4 Å². The average molecular weight is 465 g/mol. The van der Waals surface area contributed by atoms with Gasteiger partial charge in [-0.1, -0.05) is 13.3 Å². The van der Waals surface area contributed by atoms with E-state index in [9.17, 15) is 4.79 Å². The quantitative estimate of drug-likeness (QED) is 0.459. The summed E-state index contributed by atoms with van der Waals surface area (Å²) in [5.74, 6) is 2.68. The van der Waals surface area contributed by atoms with Crippen molar-refractivity contribution in [2.45, 2.75) is 52.9 Å². The average Bonchev–Trinajstić information content (AvgIpc) is 3.20. The largest absolute Gasteiger partial charge is 0.490 e. The van der Waals surface area contributed by atoms with Gasteiger partial charge in [-0.25, -0.2) is 9.97 Å². The lowest BCUT2D eigenvalue weighted by Crippen LogP contribution is -2.34. The number of nitrogens with zero attached hydrogens (tertiary/aromatic N) is 4. The third kappa shape index (κ3) is 5.88. The zero-order valence-electron chi connectivity index (χ0n) is 20.1. The lowest BCUT2D eigenvalue weighted by atomic mass is 9.94. The van der Waals surface area contributed by atoms with Crippen LogP contribution in [0.5, 0.6) is 5.75 Å². The third-order valence-electron chi connectivity index (χ3n) is 6.32. The molecule has 8 heteroatoms. The van der Waals surface area contributed by atoms with Crippen molar-refractivity contribution in [2.24, 2.45) is 5.92 Å². The minimum Gasteiger partial charge on any atom is -0.490 e. The van der Waals surface area contributed by atoms with Crippen molar-refractivity contribution in [2.75, 3.05) is 24.6 Å². The fraction of sp³-hybridized carbons (Fsp3) is 0.462. The van der Waals surface area contributed by atoms with Crippen LogP contribution in [0.4, 0.5) is 5.82 Å². The van der Waals surface area contributed by atoms with E-state index in [1.165, 1.54) is 19.3 Å². The van der Waals surface area contributed by atoms with Gasteiger partial charge in [0.15, 0.2) is 17.2 Å². The molecular weight excluding hydrogens is 432 g/mol. The Kier molecular flexibility index (Phi) is 8.93. The van der Waals surface area contributed by atoms with Crippen LogP contribution in [-0.2, 0) is 16.0 Å². The summed E-state index contributed by atoms with van der Waals surface area (Å²) in [6, 6.07) is 7.95. The van der Waals surface area contributed by atoms with Crippen LogP contribution in [-0.4, -0.2) is 46.0 Å². The van der Waals surface area contributed by atoms with E-state index in [2.05, 4.69) is 27.9 Å². The van der Waals surface area contributed by atoms with Crippen LogP contribution in [0.15, 0.2) is 36.7 Å². The number of rotatable bonds is 8. The number of fused-ring (bicyclic) bond motifs is 1. The van der Waals surface area contributed by atoms with Gasteiger partial charge in [-0.05, 0) is 68.9 Å². The summed E-state index contributed by atoms with van der Waals surface area (Å²) in [5, 5.41) is 0. The van der Waals surface area contributed by atoms with Gasteiger partial charge in [0.1, 0.15) is 11.5 Å². The predicted octanol–water partition coefficient (Wildman–Crippen LogP) is 4.29. The number of hydrogen-bond donors (Lipinski definition) is 0. The Morgan fingerprint density at radius 1 is 1.21 bits per heavy atom. The summed E-state index contributed by atoms with van der Waals surface area (Å²) in [4.78, 5) is 40.9. The van der Waals surface area contributed by atoms with Crippen LogP contribution < -0.4 is 9.64 Å². The van der Waals surface area contributed by atoms with Gasteiger partial charge in [-0.2, -0.15) is 9.59 Å². The predicted molar refractivity (Wildman–Crippen MR) is 128 cm³/mol. The van der Waals surface area contributed by atoms with Crippen molar-refractivity contribution >= 4 is 23.4 Å². The molecule has 180 valence electrons. The second-order valence-electron chi connectivity index (χ2n) is 8.41. The number of aryl methyl sites for hydroxylation is 2. The van der Waals surface area contributed by atoms with Gasteiger partial charge >= 0.3 is 6.15 Å². The molecule has 0 spiro atoms. The Balaban J connectivity index is 0.00000103. The van der Waals surface area contributed by atoms with Crippen molar-refractivity contribution in [3.63, 3.8) is 0 Å². The van der Waals surface area contributed by atoms with Gasteiger partial charge in [0.2, 0.25) is 0 Å². The highest BCUT2D eigenvalue weighted by molar-refractivity contribution is 5.96. The lowest BCUT2D eigenvalue weighted by molar-refractivity contribution is -0.191. The highest BCUT2D eigenvalue weighted by Gasteiger charge is 2.20. The Bertz CT molecular complexity index is 1140. The molecule has 4 rings (SSSR count). The maximum atomic E-state index is 13.1. The van der Waals surface area contributed by atoms with Gasteiger partial charge in [-0.3, -0.25) is 9.20 Å². The molecule has 0 saturated carbocycles. The molecule has 0 atom stereocenters. The van der Waals surface area contributed by atoms with Gasteiger partial charge in [0.05, 0.1) is 12.3 Å². The summed E-state index contributed by atoms with van der Waals surface area (Å²) in [6.07, 6.45) is 8.87. The highest BCUT2D eigenvalue weighted by Crippen LogP contribution is 2.25. The van der Waals surface area contributed by atoms with Gasteiger partial charge < -0.3 is 9.64 Å². The minimum atomic E-state index is 0.0979. The van der Waals surface area contributed by atoms with E-state index in [4.69, 9.17) is 14.3 Å². The molecule has 0 radical (unpaired) electrons. The first-order valence-corrected chi connectivity index (χ1v) is 11.8. The van der Waals surface area contributed by atoms with Crippen molar-refractivity contribution in [3.8, 4) is 5.75 Å². The van der Waals surface area contributed by atoms with Gasteiger partial charge in [0.25, 0.3) is 0 Å². The fourth-order valence-corrected chi connectivity index (χ4v) is 4.50. The van der Waals surface area contributed by atoms with Crippen molar-refractivity contribution in [3.05, 3.63) is 53.6 Å². The second-order valence-corrected chi connectivity index (χ2v) is 8.41. The number of Topliss-reactive ketones (excluding diaryl/α,β-unsaturated/α-hetero) is 1. The number of pyridine rings is 2. The molecule has 3 aromatic rings. The smallest absolute Gasteiger partial charge is 0.373 e. The number of carbonyl (C=O) groups is 1. The van der Waals surface area contributed by atoms with E-state index >= 15 is 0 Å². The number of ether oxygens (including phenoxy) is 1. The molecule has 4 heterocycles. The summed E-state index contributed by atoms with van der Waals surface area (Å²) in [5.41, 5.74) is 3.24. The highest BCUT2D eigenvalue weighted by atomic mass is 16.5. The number of anilines is 1. The zero-order valence-corrected chi connectivity index (χ0v) is 20.1. The number of aromatic nitrogens is 3. The first-order chi connectivity index (χ1) is 16.5. The molecule has 0 amide bonds. The first-order valence-electron chi connectivity index (χ1n) is 11.8. The number of hydrogen-bond acceptors (Lipinski definition) is 7. The summed E-state index contributed by atoms with van der Waals surface area (Å²) < 4.78 is 7.53. The summed E-state index contributed by atoms with van der Waals surface area (Å²) in [7, 11) is 0. The molecule has 0 bridgehead atoms. The van der Waals surface area contributed by atoms with Crippen molar-refractivity contribution < 1.29 is 19.1 Å². The molecule has 0 aromatic carbocycles. The normalized spacial score (nSPS) is 13.8. The van der Waals surface area contributed by atoms with Gasteiger partial charge in [0, 0.05) is 31.9 Å². The SMILES string of the molecule is CCOc1cccn2c(C(=O)CCc3ccnc(N4CCC(CC)CC4)c3)c(C)nc12.O=C=O. The molecule has 8 nitrogen and oxygen atoms in total. The Hall–Kier alpha value is -3.51.